The Hall–Kier alpha value is -3.46. The second-order valence-corrected chi connectivity index (χ2v) is 15.0. The Bertz CT molecular complexity index is 1670. The first-order valence-electron chi connectivity index (χ1n) is 14.5. The molecule has 1 saturated heterocycles. The van der Waals surface area contributed by atoms with Gasteiger partial charge in [-0.25, -0.2) is 22.2 Å². The van der Waals surface area contributed by atoms with Crippen molar-refractivity contribution in [3.8, 4) is 17.0 Å². The number of likely N-dealkylation sites (N-methyl/N-ethyl adjacent to an activating group) is 1. The fourth-order valence-corrected chi connectivity index (χ4v) is 7.55. The van der Waals surface area contributed by atoms with Crippen LogP contribution in [-0.2, 0) is 43.5 Å². The molecule has 2 aliphatic rings. The second kappa shape index (κ2) is 13.1. The maximum absolute atomic E-state index is 13.8. The van der Waals surface area contributed by atoms with Crippen LogP contribution < -0.4 is 15.2 Å². The first-order chi connectivity index (χ1) is 21.3. The molecule has 1 N–H and O–H groups in total. The predicted octanol–water partition coefficient (Wildman–Crippen LogP) is 2.28. The summed E-state index contributed by atoms with van der Waals surface area (Å²) in [6.45, 7) is 4.55. The number of carboxylic acid groups (broad SMARTS) is 1. The fourth-order valence-electron chi connectivity index (χ4n) is 5.97. The predicted molar refractivity (Wildman–Crippen MR) is 160 cm³/mol. The van der Waals surface area contributed by atoms with Crippen molar-refractivity contribution in [2.75, 3.05) is 52.8 Å². The number of fused-ring (bicyclic) bond motifs is 1. The number of thiazole rings is 1. The minimum Gasteiger partial charge on any atom is -0.550 e. The summed E-state index contributed by atoms with van der Waals surface area (Å²) in [5.74, 6) is -3.90. The van der Waals surface area contributed by atoms with Crippen molar-refractivity contribution < 1.29 is 45.9 Å². The van der Waals surface area contributed by atoms with E-state index in [9.17, 15) is 31.9 Å². The molecular formula is C31H35F2N3O7S2. The topological polar surface area (TPSA) is 135 Å². The van der Waals surface area contributed by atoms with Gasteiger partial charge in [0.2, 0.25) is 5.91 Å². The zero-order valence-electron chi connectivity index (χ0n) is 25.1. The summed E-state index contributed by atoms with van der Waals surface area (Å²) >= 11 is 1.24. The van der Waals surface area contributed by atoms with Gasteiger partial charge < -0.3 is 29.2 Å². The largest absolute Gasteiger partial charge is 0.550 e. The molecule has 0 atom stereocenters. The van der Waals surface area contributed by atoms with Crippen LogP contribution in [0.1, 0.15) is 29.0 Å². The average molecular weight is 664 g/mol. The van der Waals surface area contributed by atoms with E-state index < -0.39 is 45.2 Å². The number of hydrogen-bond acceptors (Lipinski definition) is 9. The van der Waals surface area contributed by atoms with Crippen molar-refractivity contribution in [3.63, 3.8) is 0 Å². The standard InChI is InChI=1S/C31H35F2N3O7S2/c1-36(7-10-42-11-8-36)6-3-9-43-26-5-4-20(14-27(26)45(2,40)41)25-19-44-28(35-25)18-34-30(39)31(17-29(37)38)15-21-12-23(32)24(33)13-22(21)16-31/h4-5,12-14,19H,3,6-11,15-18H2,1-2H3,(H-,34,37,38,39). The van der Waals surface area contributed by atoms with E-state index in [-0.39, 0.29) is 30.0 Å². The number of amides is 1. The normalized spacial score (nSPS) is 17.1. The van der Waals surface area contributed by atoms with E-state index in [0.29, 0.717) is 34.0 Å². The quantitative estimate of drug-likeness (QED) is 0.231. The molecule has 1 amide bonds. The number of sulfone groups is 1. The van der Waals surface area contributed by atoms with E-state index in [1.165, 1.54) is 17.4 Å². The van der Waals surface area contributed by atoms with Crippen molar-refractivity contribution in [1.82, 2.24) is 10.3 Å². The van der Waals surface area contributed by atoms with E-state index in [1.807, 2.05) is 0 Å². The molecule has 0 spiro atoms. The lowest BCUT2D eigenvalue weighted by Crippen LogP contribution is -2.52. The van der Waals surface area contributed by atoms with Crippen LogP contribution >= 0.6 is 11.3 Å². The molecule has 1 fully saturated rings. The summed E-state index contributed by atoms with van der Waals surface area (Å²) in [5, 5.41) is 16.5. The van der Waals surface area contributed by atoms with Crippen LogP contribution in [0.15, 0.2) is 40.6 Å². The lowest BCUT2D eigenvalue weighted by Gasteiger charge is -2.37. The third kappa shape index (κ3) is 7.68. The van der Waals surface area contributed by atoms with E-state index in [0.717, 1.165) is 62.1 Å². The summed E-state index contributed by atoms with van der Waals surface area (Å²) in [7, 11) is -1.45. The van der Waals surface area contributed by atoms with Gasteiger partial charge in [0.15, 0.2) is 21.5 Å². The molecule has 45 heavy (non-hydrogen) atoms. The number of benzene rings is 2. The van der Waals surface area contributed by atoms with Crippen LogP contribution in [0, 0.1) is 17.0 Å². The number of rotatable bonds is 12. The number of aromatic nitrogens is 1. The number of aliphatic carboxylic acids is 1. The Morgan fingerprint density at radius 1 is 1.13 bits per heavy atom. The van der Waals surface area contributed by atoms with Gasteiger partial charge >= 0.3 is 0 Å². The second-order valence-electron chi connectivity index (χ2n) is 12.1. The number of carboxylic acids is 1. The SMILES string of the molecule is C[N+]1(CCCOc2ccc(-c3csc(CNC(=O)C4(CC(=O)[O-])Cc5cc(F)c(F)cc5C4)n3)cc2S(C)(=O)=O)CCOCC1. The van der Waals surface area contributed by atoms with Crippen molar-refractivity contribution in [3.05, 3.63) is 63.5 Å². The molecule has 2 aromatic carbocycles. The number of ether oxygens (including phenoxy) is 2. The zero-order valence-corrected chi connectivity index (χ0v) is 26.7. The Kier molecular flexibility index (Phi) is 9.59. The number of nitrogens with zero attached hydrogens (tertiary/aromatic N) is 2. The Morgan fingerprint density at radius 3 is 2.42 bits per heavy atom. The Labute approximate surface area is 264 Å². The molecule has 14 heteroatoms. The highest BCUT2D eigenvalue weighted by Crippen LogP contribution is 2.41. The van der Waals surface area contributed by atoms with Crippen LogP contribution in [0.5, 0.6) is 5.75 Å². The molecule has 0 radical (unpaired) electrons. The van der Waals surface area contributed by atoms with Crippen LogP contribution in [-0.4, -0.2) is 82.5 Å². The van der Waals surface area contributed by atoms with Gasteiger partial charge in [-0.15, -0.1) is 11.3 Å². The maximum atomic E-state index is 13.8. The molecule has 242 valence electrons. The number of hydrogen-bond donors (Lipinski definition) is 1. The first-order valence-corrected chi connectivity index (χ1v) is 17.3. The fraction of sp³-hybridized carbons (Fsp3) is 0.452. The van der Waals surface area contributed by atoms with Crippen LogP contribution in [0.4, 0.5) is 8.78 Å². The third-order valence-corrected chi connectivity index (χ3v) is 10.5. The highest BCUT2D eigenvalue weighted by molar-refractivity contribution is 7.90. The van der Waals surface area contributed by atoms with E-state index in [2.05, 4.69) is 17.3 Å². The summed E-state index contributed by atoms with van der Waals surface area (Å²) in [5.41, 5.74) is 0.344. The Balaban J connectivity index is 1.24. The monoisotopic (exact) mass is 663 g/mol. The highest BCUT2D eigenvalue weighted by atomic mass is 32.2. The van der Waals surface area contributed by atoms with Gasteiger partial charge in [0.1, 0.15) is 28.7 Å². The molecule has 0 saturated carbocycles. The lowest BCUT2D eigenvalue weighted by atomic mass is 9.80. The number of quaternary nitrogens is 1. The first kappa shape index (κ1) is 32.9. The number of morpholine rings is 1. The molecule has 3 aromatic rings. The van der Waals surface area contributed by atoms with Crippen molar-refractivity contribution >= 4 is 33.1 Å². The minimum absolute atomic E-state index is 0.0267. The molecule has 1 aliphatic heterocycles. The van der Waals surface area contributed by atoms with Gasteiger partial charge in [-0.2, -0.15) is 0 Å². The number of halogens is 2. The van der Waals surface area contributed by atoms with E-state index in [1.54, 1.807) is 17.5 Å². The zero-order chi connectivity index (χ0) is 32.4. The maximum Gasteiger partial charge on any atom is 0.227 e. The molecule has 0 unspecified atom stereocenters. The highest BCUT2D eigenvalue weighted by Gasteiger charge is 2.44. The average Bonchev–Trinajstić information content (AvgIpc) is 3.59. The van der Waals surface area contributed by atoms with Gasteiger partial charge in [0.05, 0.1) is 51.1 Å². The summed E-state index contributed by atoms with van der Waals surface area (Å²) in [4.78, 5) is 29.4. The minimum atomic E-state index is -3.63. The number of nitrogens with one attached hydrogen (secondary N) is 1. The molecular weight excluding hydrogens is 628 g/mol. The smallest absolute Gasteiger partial charge is 0.227 e. The van der Waals surface area contributed by atoms with E-state index >= 15 is 0 Å². The summed E-state index contributed by atoms with van der Waals surface area (Å²) in [6, 6.07) is 6.84. The molecule has 5 rings (SSSR count). The van der Waals surface area contributed by atoms with Gasteiger partial charge in [-0.05, 0) is 54.3 Å². The Morgan fingerprint density at radius 2 is 1.80 bits per heavy atom. The van der Waals surface area contributed by atoms with Gasteiger partial charge in [0, 0.05) is 36.0 Å². The van der Waals surface area contributed by atoms with Crippen LogP contribution in [0.3, 0.4) is 0 Å². The third-order valence-electron chi connectivity index (χ3n) is 8.51. The van der Waals surface area contributed by atoms with Crippen LogP contribution in [0.2, 0.25) is 0 Å². The molecule has 1 aromatic heterocycles. The molecule has 1 aliphatic carbocycles. The summed E-state index contributed by atoms with van der Waals surface area (Å²) < 4.78 is 65.2. The number of carbonyl (C=O) groups is 2. The van der Waals surface area contributed by atoms with Crippen molar-refractivity contribution in [2.45, 2.75) is 37.1 Å². The number of carbonyl (C=O) groups excluding carboxylic acids is 2. The van der Waals surface area contributed by atoms with Crippen molar-refractivity contribution in [1.29, 1.82) is 0 Å². The van der Waals surface area contributed by atoms with E-state index in [4.69, 9.17) is 9.47 Å². The molecule has 0 bridgehead atoms. The summed E-state index contributed by atoms with van der Waals surface area (Å²) in [6.07, 6.45) is 1.12. The van der Waals surface area contributed by atoms with Gasteiger partial charge in [-0.3, -0.25) is 4.79 Å². The van der Waals surface area contributed by atoms with Crippen LogP contribution in [0.25, 0.3) is 11.3 Å². The lowest BCUT2D eigenvalue weighted by molar-refractivity contribution is -0.917. The van der Waals surface area contributed by atoms with Crippen molar-refractivity contribution in [2.24, 2.45) is 5.41 Å². The molecule has 2 heterocycles. The molecule has 10 nitrogen and oxygen atoms in total. The van der Waals surface area contributed by atoms with Gasteiger partial charge in [0.25, 0.3) is 0 Å². The van der Waals surface area contributed by atoms with Gasteiger partial charge in [-0.1, -0.05) is 0 Å².